The van der Waals surface area contributed by atoms with E-state index in [1.54, 1.807) is 36.0 Å². The van der Waals surface area contributed by atoms with Crippen molar-refractivity contribution in [2.75, 3.05) is 0 Å². The zero-order valence-corrected chi connectivity index (χ0v) is 14.2. The average Bonchev–Trinajstić information content (AvgIpc) is 2.93. The van der Waals surface area contributed by atoms with Crippen LogP contribution >= 0.6 is 11.6 Å². The van der Waals surface area contributed by atoms with Crippen LogP contribution in [0.2, 0.25) is 5.02 Å². The van der Waals surface area contributed by atoms with Gasteiger partial charge in [0, 0.05) is 24.0 Å². The van der Waals surface area contributed by atoms with Crippen molar-refractivity contribution in [2.45, 2.75) is 32.5 Å². The predicted octanol–water partition coefficient (Wildman–Crippen LogP) is 2.24. The molecule has 0 bridgehead atoms. The van der Waals surface area contributed by atoms with Crippen molar-refractivity contribution in [1.82, 2.24) is 14.3 Å². The van der Waals surface area contributed by atoms with Crippen LogP contribution in [0.5, 0.6) is 0 Å². The molecule has 3 rings (SSSR count). The molecule has 3 N–H and O–H groups in total. The fourth-order valence-electron chi connectivity index (χ4n) is 2.75. The predicted molar refractivity (Wildman–Crippen MR) is 94.6 cm³/mol. The molecule has 1 aromatic carbocycles. The number of pyridine rings is 1. The van der Waals surface area contributed by atoms with Gasteiger partial charge in [0.15, 0.2) is 5.82 Å². The lowest BCUT2D eigenvalue weighted by Gasteiger charge is -2.15. The van der Waals surface area contributed by atoms with Gasteiger partial charge in [-0.3, -0.25) is 14.0 Å². The van der Waals surface area contributed by atoms with E-state index in [-0.39, 0.29) is 11.6 Å². The Morgan fingerprint density at radius 1 is 1.33 bits per heavy atom. The van der Waals surface area contributed by atoms with Crippen LogP contribution in [-0.4, -0.2) is 25.6 Å². The smallest absolute Gasteiger partial charge is 0.265 e. The molecule has 126 valence electrons. The molecular formula is C17H19ClN4O2. The molecule has 0 radical (unpaired) electrons. The summed E-state index contributed by atoms with van der Waals surface area (Å²) in [6.07, 6.45) is 1.18. The van der Waals surface area contributed by atoms with Gasteiger partial charge in [-0.25, -0.2) is 0 Å². The second-order valence-electron chi connectivity index (χ2n) is 5.95. The molecule has 0 amide bonds. The third-order valence-corrected chi connectivity index (χ3v) is 4.11. The number of hydrogen-bond donors (Lipinski definition) is 2. The number of nitrogens with zero attached hydrogens (tertiary/aromatic N) is 3. The van der Waals surface area contributed by atoms with Crippen molar-refractivity contribution in [3.05, 3.63) is 57.6 Å². The van der Waals surface area contributed by atoms with Gasteiger partial charge in [-0.05, 0) is 31.4 Å². The summed E-state index contributed by atoms with van der Waals surface area (Å²) in [5.74, 6) is 0.453. The maximum absolute atomic E-state index is 13.0. The van der Waals surface area contributed by atoms with Crippen LogP contribution in [0.4, 0.5) is 0 Å². The van der Waals surface area contributed by atoms with E-state index in [1.165, 1.54) is 4.57 Å². The molecule has 0 aliphatic rings. The van der Waals surface area contributed by atoms with E-state index in [0.29, 0.717) is 28.5 Å². The highest BCUT2D eigenvalue weighted by Crippen LogP contribution is 2.24. The first-order valence-corrected chi connectivity index (χ1v) is 8.08. The number of fused-ring (bicyclic) bond motifs is 1. The van der Waals surface area contributed by atoms with Gasteiger partial charge in [-0.2, -0.15) is 5.10 Å². The molecule has 2 heterocycles. The van der Waals surface area contributed by atoms with Gasteiger partial charge in [-0.15, -0.1) is 0 Å². The number of benzene rings is 1. The van der Waals surface area contributed by atoms with Crippen LogP contribution in [-0.2, 0) is 6.54 Å². The highest BCUT2D eigenvalue weighted by molar-refractivity contribution is 6.35. The Hall–Kier alpha value is -2.15. The topological polar surface area (TPSA) is 86.1 Å². The summed E-state index contributed by atoms with van der Waals surface area (Å²) in [6, 6.07) is 8.55. The number of aliphatic hydroxyl groups is 1. The number of aliphatic hydroxyl groups excluding tert-OH is 1. The van der Waals surface area contributed by atoms with Gasteiger partial charge in [0.05, 0.1) is 23.1 Å². The molecule has 0 saturated heterocycles. The van der Waals surface area contributed by atoms with E-state index >= 15 is 0 Å². The summed E-state index contributed by atoms with van der Waals surface area (Å²) in [4.78, 5) is 13.0. The molecule has 0 aliphatic carbocycles. The number of aromatic nitrogens is 3. The molecule has 1 unspecified atom stereocenters. The molecule has 0 fully saturated rings. The largest absolute Gasteiger partial charge is 0.391 e. The molecule has 2 atom stereocenters. The van der Waals surface area contributed by atoms with Gasteiger partial charge in [0.1, 0.15) is 0 Å². The Kier molecular flexibility index (Phi) is 4.45. The standard InChI is InChI=1S/C17H19ClN4O2/c1-10(23)9-21-7-6-15(20-21)22-14(11(2)19)8-12-4-3-5-13(18)16(12)17(22)24/h3-8,10-11,23H,9,19H2,1-2H3/t10?,11-/m0/s1. The molecular weight excluding hydrogens is 328 g/mol. The summed E-state index contributed by atoms with van der Waals surface area (Å²) in [6.45, 7) is 3.84. The highest BCUT2D eigenvalue weighted by Gasteiger charge is 2.17. The SMILES string of the molecule is CC(O)Cn1ccc(-n2c([C@H](C)N)cc3cccc(Cl)c3c2=O)n1. The first-order valence-electron chi connectivity index (χ1n) is 7.70. The third-order valence-electron chi connectivity index (χ3n) is 3.80. The Bertz CT molecular complexity index is 943. The monoisotopic (exact) mass is 346 g/mol. The number of hydrogen-bond acceptors (Lipinski definition) is 4. The van der Waals surface area contributed by atoms with Gasteiger partial charge in [0.2, 0.25) is 0 Å². The molecule has 0 aliphatic heterocycles. The minimum atomic E-state index is -0.534. The maximum Gasteiger partial charge on any atom is 0.265 e. The van der Waals surface area contributed by atoms with E-state index in [1.807, 2.05) is 19.1 Å². The molecule has 0 spiro atoms. The first kappa shape index (κ1) is 16.7. The molecule has 0 saturated carbocycles. The Morgan fingerprint density at radius 2 is 2.08 bits per heavy atom. The second kappa shape index (κ2) is 6.39. The molecule has 24 heavy (non-hydrogen) atoms. The van der Waals surface area contributed by atoms with Crippen molar-refractivity contribution in [2.24, 2.45) is 5.73 Å². The molecule has 6 nitrogen and oxygen atoms in total. The van der Waals surface area contributed by atoms with E-state index in [2.05, 4.69) is 5.10 Å². The number of rotatable bonds is 4. The minimum absolute atomic E-state index is 0.257. The zero-order valence-electron chi connectivity index (χ0n) is 13.5. The van der Waals surface area contributed by atoms with Crippen LogP contribution in [0, 0.1) is 0 Å². The van der Waals surface area contributed by atoms with Crippen LogP contribution < -0.4 is 11.3 Å². The van der Waals surface area contributed by atoms with Crippen molar-refractivity contribution in [1.29, 1.82) is 0 Å². The third kappa shape index (κ3) is 2.96. The van der Waals surface area contributed by atoms with Crippen molar-refractivity contribution < 1.29 is 5.11 Å². The quantitative estimate of drug-likeness (QED) is 0.758. The summed E-state index contributed by atoms with van der Waals surface area (Å²) < 4.78 is 3.08. The van der Waals surface area contributed by atoms with Gasteiger partial charge < -0.3 is 10.8 Å². The fraction of sp³-hybridized carbons (Fsp3) is 0.294. The van der Waals surface area contributed by atoms with Crippen molar-refractivity contribution in [3.8, 4) is 5.82 Å². The van der Waals surface area contributed by atoms with E-state index in [9.17, 15) is 9.90 Å². The zero-order chi connectivity index (χ0) is 17.4. The van der Waals surface area contributed by atoms with Crippen molar-refractivity contribution in [3.63, 3.8) is 0 Å². The van der Waals surface area contributed by atoms with E-state index in [4.69, 9.17) is 17.3 Å². The lowest BCUT2D eigenvalue weighted by molar-refractivity contribution is 0.168. The maximum atomic E-state index is 13.0. The Morgan fingerprint density at radius 3 is 2.75 bits per heavy atom. The minimum Gasteiger partial charge on any atom is -0.391 e. The normalized spacial score (nSPS) is 14.0. The van der Waals surface area contributed by atoms with Gasteiger partial charge in [0.25, 0.3) is 5.56 Å². The van der Waals surface area contributed by atoms with E-state index in [0.717, 1.165) is 5.39 Å². The number of halogens is 1. The summed E-state index contributed by atoms with van der Waals surface area (Å²) in [5.41, 5.74) is 6.46. The molecule has 7 heteroatoms. The molecule has 3 aromatic rings. The van der Waals surface area contributed by atoms with Gasteiger partial charge >= 0.3 is 0 Å². The van der Waals surface area contributed by atoms with Gasteiger partial charge in [-0.1, -0.05) is 23.7 Å². The Labute approximate surface area is 144 Å². The average molecular weight is 347 g/mol. The first-order chi connectivity index (χ1) is 11.4. The van der Waals surface area contributed by atoms with Crippen LogP contribution in [0.15, 0.2) is 41.3 Å². The summed E-state index contributed by atoms with van der Waals surface area (Å²) in [5, 5.41) is 15.5. The summed E-state index contributed by atoms with van der Waals surface area (Å²) in [7, 11) is 0. The lowest BCUT2D eigenvalue weighted by atomic mass is 10.1. The lowest BCUT2D eigenvalue weighted by Crippen LogP contribution is -2.26. The highest BCUT2D eigenvalue weighted by atomic mass is 35.5. The summed E-state index contributed by atoms with van der Waals surface area (Å²) >= 11 is 6.22. The van der Waals surface area contributed by atoms with Crippen LogP contribution in [0.3, 0.4) is 0 Å². The van der Waals surface area contributed by atoms with Crippen molar-refractivity contribution >= 4 is 22.4 Å². The van der Waals surface area contributed by atoms with Crippen LogP contribution in [0.25, 0.3) is 16.6 Å². The van der Waals surface area contributed by atoms with Crippen LogP contribution in [0.1, 0.15) is 25.6 Å². The molecule has 2 aromatic heterocycles. The number of nitrogens with two attached hydrogens (primary N) is 1. The van der Waals surface area contributed by atoms with E-state index < -0.39 is 6.10 Å². The Balaban J connectivity index is 2.27. The fourth-order valence-corrected chi connectivity index (χ4v) is 3.02. The second-order valence-corrected chi connectivity index (χ2v) is 6.35.